The molecule has 0 aromatic heterocycles. The van der Waals surface area contributed by atoms with Gasteiger partial charge in [-0.05, 0) is 31.9 Å². The van der Waals surface area contributed by atoms with E-state index in [0.717, 1.165) is 12.8 Å². The van der Waals surface area contributed by atoms with Crippen molar-refractivity contribution in [1.82, 2.24) is 9.62 Å². The van der Waals surface area contributed by atoms with E-state index in [1.54, 1.807) is 4.90 Å². The number of amides is 1. The van der Waals surface area contributed by atoms with Crippen LogP contribution in [0.1, 0.15) is 30.1 Å². The molecule has 3 rings (SSSR count). The highest BCUT2D eigenvalue weighted by molar-refractivity contribution is 7.89. The van der Waals surface area contributed by atoms with Gasteiger partial charge < -0.3 is 9.64 Å². The normalized spacial score (nSPS) is 21.8. The quantitative estimate of drug-likeness (QED) is 0.852. The van der Waals surface area contributed by atoms with Crippen LogP contribution in [-0.2, 0) is 14.8 Å². The van der Waals surface area contributed by atoms with E-state index in [-0.39, 0.29) is 38.6 Å². The second-order valence-corrected chi connectivity index (χ2v) is 8.59. The summed E-state index contributed by atoms with van der Waals surface area (Å²) >= 11 is 12.2. The summed E-state index contributed by atoms with van der Waals surface area (Å²) in [4.78, 5) is 14.2. The van der Waals surface area contributed by atoms with Crippen molar-refractivity contribution >= 4 is 39.1 Å². The smallest absolute Gasteiger partial charge is 0.255 e. The summed E-state index contributed by atoms with van der Waals surface area (Å²) in [6, 6.07) is 2.51. The third-order valence-corrected chi connectivity index (χ3v) is 6.27. The number of halogens is 2. The average Bonchev–Trinajstić information content (AvgIpc) is 3.29. The Labute approximate surface area is 151 Å². The number of nitrogens with one attached hydrogen (secondary N) is 1. The van der Waals surface area contributed by atoms with Gasteiger partial charge in [-0.1, -0.05) is 23.2 Å². The minimum atomic E-state index is -3.78. The van der Waals surface area contributed by atoms with Gasteiger partial charge in [0.25, 0.3) is 5.91 Å². The molecule has 9 heteroatoms. The van der Waals surface area contributed by atoms with E-state index in [9.17, 15) is 13.2 Å². The molecule has 2 aliphatic rings. The second kappa shape index (κ2) is 6.80. The Hall–Kier alpha value is -0.860. The summed E-state index contributed by atoms with van der Waals surface area (Å²) in [6.45, 7) is 3.18. The topological polar surface area (TPSA) is 75.7 Å². The molecule has 1 heterocycles. The predicted octanol–water partition coefficient (Wildman–Crippen LogP) is 2.29. The van der Waals surface area contributed by atoms with Crippen LogP contribution >= 0.6 is 23.2 Å². The van der Waals surface area contributed by atoms with Crippen molar-refractivity contribution in [2.75, 3.05) is 19.7 Å². The third-order valence-electron chi connectivity index (χ3n) is 3.97. The zero-order valence-electron chi connectivity index (χ0n) is 13.1. The van der Waals surface area contributed by atoms with Crippen LogP contribution in [-0.4, -0.2) is 51.1 Å². The summed E-state index contributed by atoms with van der Waals surface area (Å²) in [7, 11) is -3.78. The summed E-state index contributed by atoms with van der Waals surface area (Å²) in [5.41, 5.74) is 0.131. The van der Waals surface area contributed by atoms with Gasteiger partial charge in [-0.2, -0.15) is 0 Å². The van der Waals surface area contributed by atoms with Gasteiger partial charge in [0.1, 0.15) is 4.90 Å². The molecule has 0 unspecified atom stereocenters. The monoisotopic (exact) mass is 392 g/mol. The summed E-state index contributed by atoms with van der Waals surface area (Å²) in [5.74, 6) is -0.324. The fraction of sp³-hybridized carbons (Fsp3) is 0.533. The first-order valence-corrected chi connectivity index (χ1v) is 9.94. The maximum atomic E-state index is 12.7. The highest BCUT2D eigenvalue weighted by Gasteiger charge is 2.31. The molecule has 1 atom stereocenters. The van der Waals surface area contributed by atoms with Crippen molar-refractivity contribution in [3.8, 4) is 0 Å². The lowest BCUT2D eigenvalue weighted by atomic mass is 10.1. The van der Waals surface area contributed by atoms with Crippen LogP contribution in [0.2, 0.25) is 10.0 Å². The lowest BCUT2D eigenvalue weighted by molar-refractivity contribution is -0.0124. The van der Waals surface area contributed by atoms with Crippen molar-refractivity contribution in [3.05, 3.63) is 27.7 Å². The summed E-state index contributed by atoms with van der Waals surface area (Å²) in [5, 5.41) is 0.134. The van der Waals surface area contributed by atoms with E-state index in [2.05, 4.69) is 4.72 Å². The molecule has 1 aliphatic carbocycles. The van der Waals surface area contributed by atoms with Gasteiger partial charge in [0.05, 0.1) is 28.3 Å². The number of rotatable bonds is 4. The standard InChI is InChI=1S/C15H18Cl2N2O4S/c1-9-8-19(4-5-23-9)15(20)11-6-14(13(17)7-12(11)16)24(21,22)18-10-2-3-10/h6-7,9-10,18H,2-5,8H2,1H3/t9-/m1/s1. The lowest BCUT2D eigenvalue weighted by Gasteiger charge is -2.31. The molecule has 1 aromatic rings. The zero-order valence-corrected chi connectivity index (χ0v) is 15.4. The van der Waals surface area contributed by atoms with Crippen LogP contribution < -0.4 is 4.72 Å². The van der Waals surface area contributed by atoms with Gasteiger partial charge in [-0.25, -0.2) is 13.1 Å². The highest BCUT2D eigenvalue weighted by Crippen LogP contribution is 2.31. The summed E-state index contributed by atoms with van der Waals surface area (Å²) in [6.07, 6.45) is 1.54. The molecule has 6 nitrogen and oxygen atoms in total. The number of carbonyl (C=O) groups is 1. The first kappa shape index (κ1) is 17.9. The maximum absolute atomic E-state index is 12.7. The number of carbonyl (C=O) groups excluding carboxylic acids is 1. The van der Waals surface area contributed by atoms with E-state index in [1.165, 1.54) is 12.1 Å². The van der Waals surface area contributed by atoms with Crippen LogP contribution in [0.3, 0.4) is 0 Å². The van der Waals surface area contributed by atoms with Crippen LogP contribution in [0.5, 0.6) is 0 Å². The molecule has 1 aromatic carbocycles. The lowest BCUT2D eigenvalue weighted by Crippen LogP contribution is -2.44. The van der Waals surface area contributed by atoms with Gasteiger partial charge in [0, 0.05) is 19.1 Å². The molecule has 1 saturated heterocycles. The molecule has 0 bridgehead atoms. The van der Waals surface area contributed by atoms with Crippen molar-refractivity contribution in [2.24, 2.45) is 0 Å². The minimum Gasteiger partial charge on any atom is -0.375 e. The van der Waals surface area contributed by atoms with Crippen LogP contribution in [0, 0.1) is 0 Å². The highest BCUT2D eigenvalue weighted by atomic mass is 35.5. The Morgan fingerprint density at radius 2 is 2.00 bits per heavy atom. The number of hydrogen-bond acceptors (Lipinski definition) is 4. The SMILES string of the molecule is C[C@@H]1CN(C(=O)c2cc(S(=O)(=O)NC3CC3)c(Cl)cc2Cl)CCO1. The molecular weight excluding hydrogens is 375 g/mol. The van der Waals surface area contributed by atoms with Crippen molar-refractivity contribution < 1.29 is 17.9 Å². The first-order valence-electron chi connectivity index (χ1n) is 7.70. The molecule has 24 heavy (non-hydrogen) atoms. The maximum Gasteiger partial charge on any atom is 0.255 e. The average molecular weight is 393 g/mol. The number of ether oxygens (including phenoxy) is 1. The second-order valence-electron chi connectivity index (χ2n) is 6.09. The molecule has 2 fully saturated rings. The van der Waals surface area contributed by atoms with Crippen LogP contribution in [0.4, 0.5) is 0 Å². The molecule has 1 aliphatic heterocycles. The van der Waals surface area contributed by atoms with Crippen molar-refractivity contribution in [3.63, 3.8) is 0 Å². The minimum absolute atomic E-state index is 0.0000422. The Balaban J connectivity index is 1.93. The predicted molar refractivity (Wildman–Crippen MR) is 91.1 cm³/mol. The third kappa shape index (κ3) is 3.86. The van der Waals surface area contributed by atoms with Crippen LogP contribution in [0.15, 0.2) is 17.0 Å². The Morgan fingerprint density at radius 1 is 1.29 bits per heavy atom. The first-order chi connectivity index (χ1) is 11.3. The van der Waals surface area contributed by atoms with Gasteiger partial charge in [0.15, 0.2) is 0 Å². The Morgan fingerprint density at radius 3 is 2.62 bits per heavy atom. The Kier molecular flexibility index (Phi) is 5.09. The molecule has 132 valence electrons. The largest absolute Gasteiger partial charge is 0.375 e. The van der Waals surface area contributed by atoms with Crippen LogP contribution in [0.25, 0.3) is 0 Å². The van der Waals surface area contributed by atoms with Gasteiger partial charge >= 0.3 is 0 Å². The van der Waals surface area contributed by atoms with Gasteiger partial charge in [0.2, 0.25) is 10.0 Å². The number of sulfonamides is 1. The van der Waals surface area contributed by atoms with E-state index < -0.39 is 10.0 Å². The molecular formula is C15H18Cl2N2O4S. The number of benzene rings is 1. The van der Waals surface area contributed by atoms with E-state index in [0.29, 0.717) is 19.7 Å². The van der Waals surface area contributed by atoms with E-state index in [4.69, 9.17) is 27.9 Å². The van der Waals surface area contributed by atoms with Crippen molar-refractivity contribution in [1.29, 1.82) is 0 Å². The molecule has 1 saturated carbocycles. The fourth-order valence-electron chi connectivity index (χ4n) is 2.56. The van der Waals surface area contributed by atoms with E-state index in [1.807, 2.05) is 6.92 Å². The fourth-order valence-corrected chi connectivity index (χ4v) is 4.72. The molecule has 1 N–H and O–H groups in total. The van der Waals surface area contributed by atoms with E-state index >= 15 is 0 Å². The number of morpholine rings is 1. The van der Waals surface area contributed by atoms with Gasteiger partial charge in [-0.3, -0.25) is 4.79 Å². The Bertz CT molecular complexity index is 765. The van der Waals surface area contributed by atoms with Crippen molar-refractivity contribution in [2.45, 2.75) is 36.8 Å². The number of hydrogen-bond donors (Lipinski definition) is 1. The molecule has 0 spiro atoms. The van der Waals surface area contributed by atoms with Gasteiger partial charge in [-0.15, -0.1) is 0 Å². The summed E-state index contributed by atoms with van der Waals surface area (Å²) < 4.78 is 32.8. The number of nitrogens with zero attached hydrogens (tertiary/aromatic N) is 1. The zero-order chi connectivity index (χ0) is 17.5. The molecule has 0 radical (unpaired) electrons. The molecule has 1 amide bonds.